The van der Waals surface area contributed by atoms with Crippen LogP contribution in [-0.2, 0) is 11.2 Å². The molecule has 9 nitrogen and oxygen atoms in total. The Morgan fingerprint density at radius 3 is 2.53 bits per heavy atom. The van der Waals surface area contributed by atoms with E-state index >= 15 is 0 Å². The first-order valence-electron chi connectivity index (χ1n) is 14.1. The lowest BCUT2D eigenvalue weighted by Crippen LogP contribution is -2.23. The van der Waals surface area contributed by atoms with Crippen LogP contribution in [0.4, 0.5) is 0 Å². The van der Waals surface area contributed by atoms with Gasteiger partial charge in [0, 0.05) is 11.1 Å². The molecule has 3 aromatic carbocycles. The topological polar surface area (TPSA) is 112 Å². The van der Waals surface area contributed by atoms with E-state index in [9.17, 15) is 14.7 Å². The highest BCUT2D eigenvalue weighted by Crippen LogP contribution is 2.36. The standard InChI is InChI=1S/C34H37N3O6/c1-8-12-24-16-23(17-30(41-7)31(24)43-22(6)34(39)40)19-35-37-32(36-28-14-11-10-13-25(28)33(37)38)27-18-26(20(3)4)29(42-9-2)15-21(27)5/h8,10-11,13-20,22H,1,9,12H2,2-7H3,(H,39,40)/t22-/m0/s1. The fraction of sp³-hybridized carbons (Fsp3) is 0.294. The summed E-state index contributed by atoms with van der Waals surface area (Å²) in [6.07, 6.45) is 2.54. The molecule has 224 valence electrons. The SMILES string of the molecule is C=CCc1cc(C=Nn2c(-c3cc(C(C)C)c(OCC)cc3C)nc3ccccc3c2=O)cc(OC)c1O[C@@H](C)C(=O)O. The Hall–Kier alpha value is -4.92. The number of hydrogen-bond donors (Lipinski definition) is 1. The molecule has 1 atom stereocenters. The summed E-state index contributed by atoms with van der Waals surface area (Å²) in [5.41, 5.74) is 4.19. The fourth-order valence-electron chi connectivity index (χ4n) is 4.78. The summed E-state index contributed by atoms with van der Waals surface area (Å²) in [5, 5.41) is 14.4. The van der Waals surface area contributed by atoms with Crippen LogP contribution in [0.1, 0.15) is 55.9 Å². The van der Waals surface area contributed by atoms with Crippen LogP contribution in [0.15, 0.2) is 71.1 Å². The predicted octanol–water partition coefficient (Wildman–Crippen LogP) is 6.37. The molecule has 0 fully saturated rings. The zero-order valence-electron chi connectivity index (χ0n) is 25.4. The summed E-state index contributed by atoms with van der Waals surface area (Å²) in [4.78, 5) is 30.2. The number of carboxylic acids is 1. The molecule has 43 heavy (non-hydrogen) atoms. The molecule has 1 heterocycles. The van der Waals surface area contributed by atoms with Crippen molar-refractivity contribution in [1.82, 2.24) is 9.66 Å². The van der Waals surface area contributed by atoms with Crippen LogP contribution in [0.5, 0.6) is 17.2 Å². The summed E-state index contributed by atoms with van der Waals surface area (Å²) in [6, 6.07) is 14.7. The van der Waals surface area contributed by atoms with Crippen molar-refractivity contribution in [3.05, 3.63) is 93.8 Å². The first kappa shape index (κ1) is 31.0. The van der Waals surface area contributed by atoms with E-state index in [4.69, 9.17) is 19.2 Å². The average Bonchev–Trinajstić information content (AvgIpc) is 2.97. The van der Waals surface area contributed by atoms with E-state index in [1.807, 2.05) is 38.1 Å². The third-order valence-electron chi connectivity index (χ3n) is 6.98. The molecular formula is C34H37N3O6. The first-order chi connectivity index (χ1) is 20.6. The third kappa shape index (κ3) is 6.61. The molecule has 9 heteroatoms. The number of benzene rings is 3. The smallest absolute Gasteiger partial charge is 0.344 e. The minimum atomic E-state index is -1.10. The maximum absolute atomic E-state index is 13.8. The summed E-state index contributed by atoms with van der Waals surface area (Å²) < 4.78 is 18.5. The van der Waals surface area contributed by atoms with Crippen LogP contribution in [0, 0.1) is 6.92 Å². The molecule has 0 spiro atoms. The summed E-state index contributed by atoms with van der Waals surface area (Å²) in [6.45, 7) is 13.9. The van der Waals surface area contributed by atoms with Crippen LogP contribution in [0.2, 0.25) is 0 Å². The van der Waals surface area contributed by atoms with Crippen molar-refractivity contribution in [2.75, 3.05) is 13.7 Å². The molecule has 0 saturated carbocycles. The van der Waals surface area contributed by atoms with Gasteiger partial charge in [0.15, 0.2) is 23.4 Å². The third-order valence-corrected chi connectivity index (χ3v) is 6.98. The summed E-state index contributed by atoms with van der Waals surface area (Å²) in [5.74, 6) is 0.922. The minimum absolute atomic E-state index is 0.172. The highest BCUT2D eigenvalue weighted by Gasteiger charge is 2.21. The van der Waals surface area contributed by atoms with Gasteiger partial charge in [0.1, 0.15) is 5.75 Å². The Morgan fingerprint density at radius 1 is 1.14 bits per heavy atom. The van der Waals surface area contributed by atoms with Gasteiger partial charge >= 0.3 is 5.97 Å². The van der Waals surface area contributed by atoms with Gasteiger partial charge < -0.3 is 19.3 Å². The summed E-state index contributed by atoms with van der Waals surface area (Å²) in [7, 11) is 1.48. The molecule has 0 radical (unpaired) electrons. The zero-order valence-corrected chi connectivity index (χ0v) is 25.4. The van der Waals surface area contributed by atoms with Crippen molar-refractivity contribution in [2.45, 2.75) is 53.1 Å². The molecule has 1 aromatic heterocycles. The normalized spacial score (nSPS) is 12.1. The monoisotopic (exact) mass is 583 g/mol. The molecule has 1 N–H and O–H groups in total. The van der Waals surface area contributed by atoms with Crippen molar-refractivity contribution < 1.29 is 24.1 Å². The molecule has 0 aliphatic rings. The predicted molar refractivity (Wildman–Crippen MR) is 169 cm³/mol. The van der Waals surface area contributed by atoms with Gasteiger partial charge in [-0.15, -0.1) is 6.58 Å². The Labute approximate surface area is 251 Å². The van der Waals surface area contributed by atoms with Crippen LogP contribution in [-0.4, -0.2) is 46.8 Å². The number of aromatic nitrogens is 2. The van der Waals surface area contributed by atoms with E-state index in [1.54, 1.807) is 36.6 Å². The largest absolute Gasteiger partial charge is 0.494 e. The molecule has 0 bridgehead atoms. The molecule has 0 aliphatic heterocycles. The number of fused-ring (bicyclic) bond motifs is 1. The van der Waals surface area contributed by atoms with Gasteiger partial charge in [0.05, 0.1) is 30.8 Å². The molecule has 4 aromatic rings. The van der Waals surface area contributed by atoms with Crippen molar-refractivity contribution in [1.29, 1.82) is 0 Å². The van der Waals surface area contributed by atoms with Gasteiger partial charge in [-0.25, -0.2) is 9.78 Å². The average molecular weight is 584 g/mol. The number of allylic oxidation sites excluding steroid dienone is 1. The minimum Gasteiger partial charge on any atom is -0.494 e. The van der Waals surface area contributed by atoms with Crippen molar-refractivity contribution in [3.8, 4) is 28.6 Å². The quantitative estimate of drug-likeness (QED) is 0.152. The number of methoxy groups -OCH3 is 1. The Balaban J connectivity index is 1.92. The van der Waals surface area contributed by atoms with E-state index in [0.717, 1.165) is 22.4 Å². The molecule has 0 unspecified atom stereocenters. The van der Waals surface area contributed by atoms with Gasteiger partial charge in [0.2, 0.25) is 0 Å². The van der Waals surface area contributed by atoms with Gasteiger partial charge in [-0.05, 0) is 86.2 Å². The van der Waals surface area contributed by atoms with Gasteiger partial charge in [-0.1, -0.05) is 32.1 Å². The van der Waals surface area contributed by atoms with E-state index in [0.29, 0.717) is 52.4 Å². The fourth-order valence-corrected chi connectivity index (χ4v) is 4.78. The van der Waals surface area contributed by atoms with Crippen molar-refractivity contribution >= 4 is 23.1 Å². The number of aliphatic carboxylic acids is 1. The van der Waals surface area contributed by atoms with Gasteiger partial charge in [0.25, 0.3) is 5.56 Å². The summed E-state index contributed by atoms with van der Waals surface area (Å²) >= 11 is 0. The van der Waals surface area contributed by atoms with Crippen molar-refractivity contribution in [3.63, 3.8) is 0 Å². The molecule has 0 aliphatic carbocycles. The highest BCUT2D eigenvalue weighted by atomic mass is 16.5. The van der Waals surface area contributed by atoms with E-state index in [2.05, 4.69) is 25.5 Å². The Bertz CT molecular complexity index is 1760. The molecular weight excluding hydrogens is 546 g/mol. The number of ether oxygens (including phenoxy) is 3. The van der Waals surface area contributed by atoms with Crippen LogP contribution in [0.3, 0.4) is 0 Å². The Kier molecular flexibility index (Phi) is 9.65. The molecule has 0 saturated heterocycles. The number of hydrogen-bond acceptors (Lipinski definition) is 7. The Morgan fingerprint density at radius 2 is 1.88 bits per heavy atom. The van der Waals surface area contributed by atoms with Crippen molar-refractivity contribution in [2.24, 2.45) is 5.10 Å². The highest BCUT2D eigenvalue weighted by molar-refractivity contribution is 5.84. The lowest BCUT2D eigenvalue weighted by atomic mass is 9.96. The van der Waals surface area contributed by atoms with Gasteiger partial charge in [-0.2, -0.15) is 9.78 Å². The number of carboxylic acid groups (broad SMARTS) is 1. The lowest BCUT2D eigenvalue weighted by molar-refractivity contribution is -0.144. The lowest BCUT2D eigenvalue weighted by Gasteiger charge is -2.18. The molecule has 4 rings (SSSR count). The number of nitrogens with zero attached hydrogens (tertiary/aromatic N) is 3. The van der Waals surface area contributed by atoms with Gasteiger partial charge in [-0.3, -0.25) is 4.79 Å². The maximum Gasteiger partial charge on any atom is 0.344 e. The molecule has 0 amide bonds. The second-order valence-corrected chi connectivity index (χ2v) is 10.4. The van der Waals surface area contributed by atoms with Crippen LogP contribution in [0.25, 0.3) is 22.3 Å². The number of rotatable bonds is 12. The van der Waals surface area contributed by atoms with E-state index in [-0.39, 0.29) is 11.5 Å². The van der Waals surface area contributed by atoms with E-state index in [1.165, 1.54) is 18.7 Å². The second-order valence-electron chi connectivity index (χ2n) is 10.4. The number of aryl methyl sites for hydroxylation is 1. The second kappa shape index (κ2) is 13.4. The maximum atomic E-state index is 13.8. The van der Waals surface area contributed by atoms with E-state index < -0.39 is 12.1 Å². The number of carbonyl (C=O) groups is 1. The first-order valence-corrected chi connectivity index (χ1v) is 14.1. The van der Waals surface area contributed by atoms with Crippen LogP contribution >= 0.6 is 0 Å². The number of para-hydroxylation sites is 1. The van der Waals surface area contributed by atoms with Crippen LogP contribution < -0.4 is 19.8 Å². The zero-order chi connectivity index (χ0) is 31.3.